The fraction of sp³-hybridized carbons (Fsp3) is 0.923. The second kappa shape index (κ2) is 12.8. The summed E-state index contributed by atoms with van der Waals surface area (Å²) in [7, 11) is 4.98. The van der Waals surface area contributed by atoms with Gasteiger partial charge in [0.1, 0.15) is 0 Å². The third kappa shape index (κ3) is 7.72. The van der Waals surface area contributed by atoms with E-state index in [4.69, 9.17) is 13.2 Å². The van der Waals surface area contributed by atoms with Crippen LogP contribution in [0.5, 0.6) is 0 Å². The Bertz CT molecular complexity index is 260. The van der Waals surface area contributed by atoms with Crippen LogP contribution in [0.2, 0.25) is 0 Å². The van der Waals surface area contributed by atoms with E-state index in [0.717, 1.165) is 51.7 Å². The molecule has 2 atom stereocenters. The molecule has 1 aliphatic heterocycles. The van der Waals surface area contributed by atoms with E-state index in [-0.39, 0.29) is 43.3 Å². The summed E-state index contributed by atoms with van der Waals surface area (Å²) in [6.07, 6.45) is 4.80. The smallest absolute Gasteiger partial charge is 0.378 e. The van der Waals surface area contributed by atoms with Crippen LogP contribution in [-0.4, -0.2) is 50.3 Å². The van der Waals surface area contributed by atoms with Crippen molar-refractivity contribution in [2.45, 2.75) is 39.0 Å². The number of likely N-dealkylation sites (tertiary alicyclic amines) is 1. The monoisotopic (exact) mass is 325 g/mol. The van der Waals surface area contributed by atoms with Gasteiger partial charge in [-0.25, -0.2) is 0 Å². The first-order chi connectivity index (χ1) is 8.71. The van der Waals surface area contributed by atoms with Gasteiger partial charge >= 0.3 is 8.05 Å². The molecule has 1 rings (SSSR count). The summed E-state index contributed by atoms with van der Waals surface area (Å²) >= 11 is 0. The molecule has 0 saturated carbocycles. The first-order valence-corrected chi connectivity index (χ1v) is 6.95. The second-order valence-corrected chi connectivity index (χ2v) is 5.20. The molecule has 4 nitrogen and oxygen atoms in total. The van der Waals surface area contributed by atoms with E-state index in [1.165, 1.54) is 0 Å². The average molecular weight is 326 g/mol. The number of nitrogens with zero attached hydrogens (tertiary/aromatic N) is 1. The van der Waals surface area contributed by atoms with E-state index < -0.39 is 0 Å². The first-order valence-electron chi connectivity index (χ1n) is 6.95. The van der Waals surface area contributed by atoms with Crippen molar-refractivity contribution in [2.75, 3.05) is 26.2 Å². The van der Waals surface area contributed by atoms with Gasteiger partial charge in [0.15, 0.2) is 0 Å². The van der Waals surface area contributed by atoms with Crippen LogP contribution >= 0.6 is 24.8 Å². The Morgan fingerprint density at radius 2 is 2.15 bits per heavy atom. The van der Waals surface area contributed by atoms with E-state index in [9.17, 15) is 4.79 Å². The molecular weight excluding hydrogens is 300 g/mol. The van der Waals surface area contributed by atoms with Gasteiger partial charge in [0, 0.05) is 13.2 Å². The van der Waals surface area contributed by atoms with Crippen LogP contribution in [0.4, 0.5) is 0 Å². The van der Waals surface area contributed by atoms with Gasteiger partial charge in [-0.1, -0.05) is 19.8 Å². The molecule has 1 fully saturated rings. The normalized spacial score (nSPS) is 19.8. The van der Waals surface area contributed by atoms with Crippen LogP contribution in [0, 0.1) is 11.8 Å². The Kier molecular flexibility index (Phi) is 14.2. The highest BCUT2D eigenvalue weighted by Gasteiger charge is 2.24. The maximum absolute atomic E-state index is 11.5. The zero-order valence-corrected chi connectivity index (χ0v) is 13.8. The Labute approximate surface area is 135 Å². The fourth-order valence-electron chi connectivity index (χ4n) is 2.53. The third-order valence-corrected chi connectivity index (χ3v) is 3.78. The number of carbonyl (C=O) groups is 1. The van der Waals surface area contributed by atoms with Gasteiger partial charge in [-0.15, -0.1) is 24.8 Å². The van der Waals surface area contributed by atoms with Crippen molar-refractivity contribution < 1.29 is 14.6 Å². The summed E-state index contributed by atoms with van der Waals surface area (Å²) in [6.45, 7) is 5.22. The largest absolute Gasteiger partial charge is 0.543 e. The van der Waals surface area contributed by atoms with Crippen LogP contribution in [0.25, 0.3) is 0 Å². The minimum Gasteiger partial charge on any atom is -0.543 e. The van der Waals surface area contributed by atoms with Gasteiger partial charge in [0.25, 0.3) is 5.97 Å². The molecule has 1 saturated heterocycles. The lowest BCUT2D eigenvalue weighted by atomic mass is 9.98. The first kappa shape index (κ1) is 22.3. The summed E-state index contributed by atoms with van der Waals surface area (Å²) in [6, 6.07) is 0. The molecule has 1 aliphatic rings. The van der Waals surface area contributed by atoms with Crippen molar-refractivity contribution in [1.82, 2.24) is 4.90 Å². The van der Waals surface area contributed by atoms with E-state index >= 15 is 0 Å². The highest BCUT2D eigenvalue weighted by atomic mass is 35.5. The van der Waals surface area contributed by atoms with Gasteiger partial charge in [-0.05, 0) is 38.3 Å². The van der Waals surface area contributed by atoms with Crippen LogP contribution in [-0.2, 0) is 9.45 Å². The molecule has 20 heavy (non-hydrogen) atoms. The molecule has 2 radical (unpaired) electrons. The lowest BCUT2D eigenvalue weighted by Crippen LogP contribution is -2.27. The van der Waals surface area contributed by atoms with E-state index in [0.29, 0.717) is 5.92 Å². The molecule has 1 heterocycles. The van der Waals surface area contributed by atoms with E-state index in [1.807, 2.05) is 0 Å². The summed E-state index contributed by atoms with van der Waals surface area (Å²) in [5.74, 6) is 0.0324. The summed E-state index contributed by atoms with van der Waals surface area (Å²) in [5, 5.41) is 9.09. The van der Waals surface area contributed by atoms with Crippen LogP contribution in [0.3, 0.4) is 0 Å². The van der Waals surface area contributed by atoms with Gasteiger partial charge in [-0.2, -0.15) is 0 Å². The zero-order chi connectivity index (χ0) is 13.4. The van der Waals surface area contributed by atoms with Gasteiger partial charge < -0.3 is 14.7 Å². The number of hydrogen-bond acceptors (Lipinski definition) is 4. The maximum atomic E-state index is 11.5. The van der Waals surface area contributed by atoms with Gasteiger partial charge in [0.05, 0.1) is 5.92 Å². The Morgan fingerprint density at radius 3 is 2.65 bits per heavy atom. The highest BCUT2D eigenvalue weighted by Crippen LogP contribution is 2.19. The second-order valence-electron chi connectivity index (χ2n) is 5.20. The lowest BCUT2D eigenvalue weighted by molar-refractivity contribution is -0.139. The predicted octanol–water partition coefficient (Wildman–Crippen LogP) is 1.97. The standard InChI is InChI=1S/C13H24BNO3.2ClH/c1-2-3-4-12(13(17)18-14)6-8-15-7-5-11(9-15)10-16;;/h11-12,16H,2-10H2,1H3;2*1H/t11-,12?;;/m1../s1. The van der Waals surface area contributed by atoms with Crippen molar-refractivity contribution in [3.63, 3.8) is 0 Å². The van der Waals surface area contributed by atoms with Crippen molar-refractivity contribution in [3.05, 3.63) is 0 Å². The van der Waals surface area contributed by atoms with Crippen LogP contribution < -0.4 is 0 Å². The molecule has 0 spiro atoms. The Balaban J connectivity index is 0. The molecule has 0 aliphatic carbocycles. The predicted molar refractivity (Wildman–Crippen MR) is 85.6 cm³/mol. The fourth-order valence-corrected chi connectivity index (χ4v) is 2.53. The Morgan fingerprint density at radius 1 is 1.45 bits per heavy atom. The molecule has 0 aromatic heterocycles. The maximum Gasteiger partial charge on any atom is 0.378 e. The van der Waals surface area contributed by atoms with Crippen molar-refractivity contribution >= 4 is 38.8 Å². The SMILES string of the molecule is Cl.Cl.[B]OC(=O)C(CCCC)CCN1CC[C@@H](CO)C1. The van der Waals surface area contributed by atoms with E-state index in [2.05, 4.69) is 16.5 Å². The molecule has 118 valence electrons. The molecule has 0 aromatic rings. The quantitative estimate of drug-likeness (QED) is 0.693. The van der Waals surface area contributed by atoms with Crippen molar-refractivity contribution in [2.24, 2.45) is 11.8 Å². The molecule has 0 bridgehead atoms. The summed E-state index contributed by atoms with van der Waals surface area (Å²) in [5.41, 5.74) is 0. The number of aliphatic hydroxyl groups is 1. The van der Waals surface area contributed by atoms with Gasteiger partial charge in [0.2, 0.25) is 0 Å². The number of unbranched alkanes of at least 4 members (excludes halogenated alkanes) is 1. The van der Waals surface area contributed by atoms with Crippen molar-refractivity contribution in [1.29, 1.82) is 0 Å². The average Bonchev–Trinajstić information content (AvgIpc) is 2.86. The lowest BCUT2D eigenvalue weighted by Gasteiger charge is -2.20. The molecule has 0 aromatic carbocycles. The van der Waals surface area contributed by atoms with Crippen LogP contribution in [0.1, 0.15) is 39.0 Å². The van der Waals surface area contributed by atoms with E-state index in [1.54, 1.807) is 0 Å². The molecule has 7 heteroatoms. The minimum atomic E-state index is -0.290. The number of hydrogen-bond donors (Lipinski definition) is 1. The Hall–Kier alpha value is 0.0349. The minimum absolute atomic E-state index is 0. The molecule has 1 unspecified atom stereocenters. The topological polar surface area (TPSA) is 49.8 Å². The molecule has 0 amide bonds. The number of rotatable bonds is 8. The van der Waals surface area contributed by atoms with Gasteiger partial charge in [-0.3, -0.25) is 4.79 Å². The summed E-state index contributed by atoms with van der Waals surface area (Å²) in [4.78, 5) is 13.8. The molecular formula is C13H26BCl2NO3. The number of halogens is 2. The van der Waals surface area contributed by atoms with Crippen molar-refractivity contribution in [3.8, 4) is 0 Å². The molecule has 1 N–H and O–H groups in total. The zero-order valence-electron chi connectivity index (χ0n) is 12.1. The summed E-state index contributed by atoms with van der Waals surface area (Å²) < 4.78 is 4.37. The number of carbonyl (C=O) groups excluding carboxylic acids is 1. The highest BCUT2D eigenvalue weighted by molar-refractivity contribution is 6.05. The number of aliphatic hydroxyl groups excluding tert-OH is 1. The third-order valence-electron chi connectivity index (χ3n) is 3.78. The van der Waals surface area contributed by atoms with Crippen LogP contribution in [0.15, 0.2) is 0 Å².